The number of nitrogens with one attached hydrogen (secondary N) is 2. The third kappa shape index (κ3) is 13.8. The van der Waals surface area contributed by atoms with E-state index in [9.17, 15) is 41.1 Å². The number of ether oxygens (including phenoxy) is 2. The Balaban J connectivity index is 1.46. The Morgan fingerprint density at radius 1 is 0.689 bits per heavy atom. The second-order valence-corrected chi connectivity index (χ2v) is 17.3. The summed E-state index contributed by atoms with van der Waals surface area (Å²) in [7, 11) is -8.41. The smallest absolute Gasteiger partial charge is 0.413 e. The third-order valence-electron chi connectivity index (χ3n) is 9.13. The monoisotopic (exact) mass is 883 g/mol. The maximum Gasteiger partial charge on any atom is 0.413 e. The molecule has 0 spiro atoms. The largest absolute Gasteiger partial charge is 0.481 e. The van der Waals surface area contributed by atoms with Crippen LogP contribution < -0.4 is 20.3 Å². The molecule has 4 rings (SSSR count). The van der Waals surface area contributed by atoms with Crippen LogP contribution in [0.15, 0.2) is 82.6 Å². The van der Waals surface area contributed by atoms with Crippen molar-refractivity contribution < 1.29 is 64.1 Å². The number of hydrogen-bond donors (Lipinski definition) is 4. The van der Waals surface area contributed by atoms with Gasteiger partial charge < -0.3 is 29.9 Å². The number of carboxylic acids is 2. The highest BCUT2D eigenvalue weighted by molar-refractivity contribution is 7.87. The van der Waals surface area contributed by atoms with Gasteiger partial charge in [0.2, 0.25) is 0 Å². The molecule has 0 saturated carbocycles. The van der Waals surface area contributed by atoms with E-state index in [1.54, 1.807) is 81.1 Å². The SMILES string of the molecule is Cc1cc(C)c(S(=O)(=O)OCCN(CCOS(=O)(=O)c2c(C)cc(C)cc2C)c2ccccc2NC(=O)OCc2ccc(OC(=O)N[C@@H](CCC(=O)O)C(=O)O)cc2)c(C)c1. The fourth-order valence-electron chi connectivity index (χ4n) is 6.71. The van der Waals surface area contributed by atoms with Crippen LogP contribution in [0.1, 0.15) is 51.8 Å². The van der Waals surface area contributed by atoms with E-state index < -0.39 is 56.8 Å². The zero-order valence-corrected chi connectivity index (χ0v) is 36.1. The van der Waals surface area contributed by atoms with Crippen molar-refractivity contribution in [3.8, 4) is 5.75 Å². The van der Waals surface area contributed by atoms with E-state index >= 15 is 0 Å². The molecular formula is C42H49N3O14S2. The number of anilines is 2. The highest BCUT2D eigenvalue weighted by Crippen LogP contribution is 2.29. The summed E-state index contributed by atoms with van der Waals surface area (Å²) in [6.07, 6.45) is -2.81. The van der Waals surface area contributed by atoms with Crippen molar-refractivity contribution in [1.29, 1.82) is 0 Å². The molecule has 61 heavy (non-hydrogen) atoms. The lowest BCUT2D eigenvalue weighted by Gasteiger charge is -2.27. The molecule has 0 aliphatic carbocycles. The van der Waals surface area contributed by atoms with Crippen LogP contribution in [0.2, 0.25) is 0 Å². The van der Waals surface area contributed by atoms with Gasteiger partial charge >= 0.3 is 24.1 Å². The van der Waals surface area contributed by atoms with Crippen molar-refractivity contribution in [3.63, 3.8) is 0 Å². The summed E-state index contributed by atoms with van der Waals surface area (Å²) in [5.41, 5.74) is 4.99. The van der Waals surface area contributed by atoms with Crippen LogP contribution in [0.3, 0.4) is 0 Å². The molecule has 1 atom stereocenters. The highest BCUT2D eigenvalue weighted by Gasteiger charge is 2.25. The lowest BCUT2D eigenvalue weighted by atomic mass is 10.1. The fraction of sp³-hybridized carbons (Fsp3) is 0.333. The second-order valence-electron chi connectivity index (χ2n) is 14.2. The molecule has 4 aromatic rings. The molecule has 0 aliphatic heterocycles. The van der Waals surface area contributed by atoms with Gasteiger partial charge in [0.1, 0.15) is 18.4 Å². The predicted octanol–water partition coefficient (Wildman–Crippen LogP) is 6.31. The van der Waals surface area contributed by atoms with Crippen molar-refractivity contribution in [3.05, 3.63) is 112 Å². The molecule has 0 heterocycles. The normalized spacial score (nSPS) is 12.0. The molecule has 19 heteroatoms. The van der Waals surface area contributed by atoms with Crippen LogP contribution in [-0.4, -0.2) is 83.5 Å². The van der Waals surface area contributed by atoms with Crippen LogP contribution in [-0.2, 0) is 49.5 Å². The van der Waals surface area contributed by atoms with Crippen molar-refractivity contribution in [2.24, 2.45) is 0 Å². The van der Waals surface area contributed by atoms with Crippen molar-refractivity contribution in [2.75, 3.05) is 36.5 Å². The number of para-hydroxylation sites is 2. The molecule has 0 aromatic heterocycles. The number of amides is 2. The van der Waals surface area contributed by atoms with Gasteiger partial charge in [-0.05, 0) is 100 Å². The molecule has 4 aromatic carbocycles. The highest BCUT2D eigenvalue weighted by atomic mass is 32.2. The summed E-state index contributed by atoms with van der Waals surface area (Å²) in [6.45, 7) is 9.37. The van der Waals surface area contributed by atoms with Crippen LogP contribution in [0.25, 0.3) is 0 Å². The Kier molecular flexibility index (Phi) is 16.4. The summed E-state index contributed by atoms with van der Waals surface area (Å²) in [6, 6.07) is 17.8. The van der Waals surface area contributed by atoms with Crippen molar-refractivity contribution >= 4 is 55.7 Å². The van der Waals surface area contributed by atoms with E-state index in [1.807, 2.05) is 13.8 Å². The second kappa shape index (κ2) is 21.0. The van der Waals surface area contributed by atoms with E-state index in [0.717, 1.165) is 11.1 Å². The topological polar surface area (TPSA) is 241 Å². The minimum absolute atomic E-state index is 0.0314. The maximum atomic E-state index is 13.4. The Labute approximate surface area is 354 Å². The van der Waals surface area contributed by atoms with Gasteiger partial charge in [-0.25, -0.2) is 14.4 Å². The van der Waals surface area contributed by atoms with Gasteiger partial charge in [-0.1, -0.05) is 59.7 Å². The average Bonchev–Trinajstić information content (AvgIpc) is 3.14. The van der Waals surface area contributed by atoms with Crippen LogP contribution in [0, 0.1) is 41.5 Å². The van der Waals surface area contributed by atoms with E-state index in [0.29, 0.717) is 33.5 Å². The molecule has 17 nitrogen and oxygen atoms in total. The van der Waals surface area contributed by atoms with Crippen LogP contribution in [0.4, 0.5) is 21.0 Å². The molecule has 0 unspecified atom stereocenters. The van der Waals surface area contributed by atoms with Gasteiger partial charge in [-0.3, -0.25) is 18.5 Å². The first kappa shape index (κ1) is 47.7. The molecule has 2 amide bonds. The molecule has 328 valence electrons. The number of rotatable bonds is 20. The van der Waals surface area contributed by atoms with E-state index in [-0.39, 0.29) is 60.6 Å². The summed E-state index contributed by atoms with van der Waals surface area (Å²) in [4.78, 5) is 49.2. The average molecular weight is 884 g/mol. The van der Waals surface area contributed by atoms with Gasteiger partial charge in [-0.15, -0.1) is 0 Å². The Hall–Kier alpha value is -6.02. The van der Waals surface area contributed by atoms with Crippen molar-refractivity contribution in [2.45, 2.75) is 76.8 Å². The summed E-state index contributed by atoms with van der Waals surface area (Å²) in [5, 5.41) is 22.8. The Bertz CT molecular complexity index is 2330. The lowest BCUT2D eigenvalue weighted by molar-refractivity contribution is -0.140. The van der Waals surface area contributed by atoms with Gasteiger partial charge in [0.05, 0.1) is 34.4 Å². The number of aryl methyl sites for hydroxylation is 6. The first-order chi connectivity index (χ1) is 28.7. The predicted molar refractivity (Wildman–Crippen MR) is 224 cm³/mol. The minimum atomic E-state index is -4.20. The number of carbonyl (C=O) groups is 4. The molecule has 0 aliphatic rings. The first-order valence-electron chi connectivity index (χ1n) is 18.9. The number of carboxylic acid groups (broad SMARTS) is 2. The number of hydrogen-bond acceptors (Lipinski definition) is 13. The van der Waals surface area contributed by atoms with Crippen LogP contribution >= 0.6 is 0 Å². The summed E-state index contributed by atoms with van der Waals surface area (Å²) in [5.74, 6) is -2.62. The number of carbonyl (C=O) groups excluding carboxylic acids is 2. The summed E-state index contributed by atoms with van der Waals surface area (Å²) >= 11 is 0. The van der Waals surface area contributed by atoms with Crippen LogP contribution in [0.5, 0.6) is 5.75 Å². The molecular weight excluding hydrogens is 835 g/mol. The lowest BCUT2D eigenvalue weighted by Crippen LogP contribution is -2.42. The maximum absolute atomic E-state index is 13.4. The fourth-order valence-corrected chi connectivity index (χ4v) is 9.35. The van der Waals surface area contributed by atoms with E-state index in [4.69, 9.17) is 22.9 Å². The summed E-state index contributed by atoms with van der Waals surface area (Å²) < 4.78 is 75.0. The number of aliphatic carboxylic acids is 2. The Morgan fingerprint density at radius 3 is 1.66 bits per heavy atom. The van der Waals surface area contributed by atoms with Gasteiger partial charge in [0, 0.05) is 19.5 Å². The van der Waals surface area contributed by atoms with E-state index in [2.05, 4.69) is 10.6 Å². The van der Waals surface area contributed by atoms with Crippen molar-refractivity contribution in [1.82, 2.24) is 5.32 Å². The van der Waals surface area contributed by atoms with Gasteiger partial charge in [0.15, 0.2) is 0 Å². The van der Waals surface area contributed by atoms with E-state index in [1.165, 1.54) is 24.3 Å². The Morgan fingerprint density at radius 2 is 1.18 bits per heavy atom. The van der Waals surface area contributed by atoms with Gasteiger partial charge in [0.25, 0.3) is 20.2 Å². The number of benzene rings is 4. The number of nitrogens with zero attached hydrogens (tertiary/aromatic N) is 1. The third-order valence-corrected chi connectivity index (χ3v) is 12.4. The molecule has 4 N–H and O–H groups in total. The standard InChI is InChI=1S/C42H49N3O14S2/c1-26-21-28(3)38(29(4)22-26)60(52,53)57-19-17-45(18-20-58-61(54,55)39-30(5)23-27(2)24-31(39)6)36-10-8-7-9-34(36)43-41(50)56-25-32-11-13-33(14-12-32)59-42(51)44-35(40(48)49)15-16-37(46)47/h7-14,21-24,35H,15-20,25H2,1-6H3,(H,43,50)(H,44,51)(H,46,47)(H,48,49)/t35-/m0/s1. The first-order valence-corrected chi connectivity index (χ1v) is 21.7. The molecule has 0 fully saturated rings. The molecule has 0 radical (unpaired) electrons. The zero-order valence-electron chi connectivity index (χ0n) is 34.5. The quantitative estimate of drug-likeness (QED) is 0.0711. The molecule has 0 saturated heterocycles. The molecule has 0 bridgehead atoms. The minimum Gasteiger partial charge on any atom is -0.481 e. The zero-order chi connectivity index (χ0) is 45.1. The van der Waals surface area contributed by atoms with Gasteiger partial charge in [-0.2, -0.15) is 16.8 Å².